The average molecular weight is 231 g/mol. The summed E-state index contributed by atoms with van der Waals surface area (Å²) in [4.78, 5) is 0. The van der Waals surface area contributed by atoms with Crippen molar-refractivity contribution < 1.29 is 14.3 Å². The van der Waals surface area contributed by atoms with Crippen molar-refractivity contribution in [1.29, 1.82) is 5.26 Å². The number of benzene rings is 1. The number of hydrogen-bond acceptors (Lipinski definition) is 4. The van der Waals surface area contributed by atoms with Crippen LogP contribution < -0.4 is 4.74 Å². The Balaban J connectivity index is 2.48. The second-order valence-corrected chi connectivity index (χ2v) is 3.93. The molecule has 0 aliphatic rings. The minimum absolute atomic E-state index is 0.138. The Morgan fingerprint density at radius 3 is 2.71 bits per heavy atom. The molecule has 0 aliphatic heterocycles. The molecule has 0 aliphatic carbocycles. The van der Waals surface area contributed by atoms with E-state index in [-0.39, 0.29) is 5.76 Å². The van der Waals surface area contributed by atoms with Crippen LogP contribution >= 0.6 is 0 Å². The first-order valence-corrected chi connectivity index (χ1v) is 5.40. The lowest BCUT2D eigenvalue weighted by Crippen LogP contribution is -2.25. The minimum Gasteiger partial charge on any atom is -0.483 e. The normalized spacial score (nSPS) is 14.2. The van der Waals surface area contributed by atoms with Crippen molar-refractivity contribution >= 4 is 11.0 Å². The van der Waals surface area contributed by atoms with E-state index >= 15 is 0 Å². The zero-order valence-electron chi connectivity index (χ0n) is 9.68. The maximum atomic E-state index is 9.42. The predicted octanol–water partition coefficient (Wildman–Crippen LogP) is 2.45. The van der Waals surface area contributed by atoms with Crippen LogP contribution in [-0.4, -0.2) is 17.3 Å². The second kappa shape index (κ2) is 4.48. The van der Waals surface area contributed by atoms with Crippen molar-refractivity contribution in [3.8, 4) is 11.8 Å². The number of para-hydroxylation sites is 1. The summed E-state index contributed by atoms with van der Waals surface area (Å²) in [5.74, 6) is 0.537. The van der Waals surface area contributed by atoms with Gasteiger partial charge >= 0.3 is 0 Å². The van der Waals surface area contributed by atoms with Gasteiger partial charge in [-0.1, -0.05) is 12.1 Å². The van der Waals surface area contributed by atoms with E-state index in [2.05, 4.69) is 0 Å². The first kappa shape index (κ1) is 11.5. The summed E-state index contributed by atoms with van der Waals surface area (Å²) in [6.45, 7) is 3.38. The molecule has 0 spiro atoms. The highest BCUT2D eigenvalue weighted by atomic mass is 16.5. The van der Waals surface area contributed by atoms with Gasteiger partial charge in [-0.25, -0.2) is 0 Å². The highest BCUT2D eigenvalue weighted by molar-refractivity contribution is 5.86. The van der Waals surface area contributed by atoms with Crippen LogP contribution in [0.15, 0.2) is 28.7 Å². The van der Waals surface area contributed by atoms with E-state index in [1.165, 1.54) is 0 Å². The molecule has 1 N–H and O–H groups in total. The van der Waals surface area contributed by atoms with Gasteiger partial charge in [0.15, 0.2) is 5.75 Å². The third-order valence-corrected chi connectivity index (χ3v) is 2.63. The number of ether oxygens (including phenoxy) is 1. The Morgan fingerprint density at radius 2 is 2.06 bits per heavy atom. The minimum atomic E-state index is -0.616. The number of rotatable bonds is 3. The van der Waals surface area contributed by atoms with Crippen molar-refractivity contribution in [2.45, 2.75) is 26.1 Å². The third kappa shape index (κ3) is 2.10. The number of nitrogens with zero attached hydrogens (tertiary/aromatic N) is 1. The molecule has 1 heterocycles. The average Bonchev–Trinajstić information content (AvgIpc) is 2.67. The summed E-state index contributed by atoms with van der Waals surface area (Å²) in [6, 6.07) is 9.23. The standard InChI is InChI=1S/C13H13NO3/c1-8(15)9(2)16-13-10-5-3-4-6-11(10)17-12(13)7-14/h3-6,8-9,15H,1-2H3. The summed E-state index contributed by atoms with van der Waals surface area (Å²) in [6.07, 6.45) is -1.02. The van der Waals surface area contributed by atoms with Crippen LogP contribution in [0.3, 0.4) is 0 Å². The molecule has 4 heteroatoms. The van der Waals surface area contributed by atoms with E-state index in [9.17, 15) is 5.11 Å². The van der Waals surface area contributed by atoms with Gasteiger partial charge < -0.3 is 14.3 Å². The Kier molecular flexibility index (Phi) is 3.03. The Bertz CT molecular complexity index is 566. The van der Waals surface area contributed by atoms with Gasteiger partial charge in [-0.05, 0) is 26.0 Å². The molecule has 0 fully saturated rings. The summed E-state index contributed by atoms with van der Waals surface area (Å²) >= 11 is 0. The smallest absolute Gasteiger partial charge is 0.246 e. The van der Waals surface area contributed by atoms with E-state index in [1.54, 1.807) is 19.9 Å². The van der Waals surface area contributed by atoms with Crippen molar-refractivity contribution in [2.24, 2.45) is 0 Å². The molecular weight excluding hydrogens is 218 g/mol. The van der Waals surface area contributed by atoms with Gasteiger partial charge in [-0.2, -0.15) is 5.26 Å². The highest BCUT2D eigenvalue weighted by Gasteiger charge is 2.19. The molecule has 0 bridgehead atoms. The van der Waals surface area contributed by atoms with Crippen LogP contribution in [0.2, 0.25) is 0 Å². The van der Waals surface area contributed by atoms with Gasteiger partial charge in [-0.3, -0.25) is 0 Å². The zero-order chi connectivity index (χ0) is 12.4. The van der Waals surface area contributed by atoms with Crippen molar-refractivity contribution in [1.82, 2.24) is 0 Å². The molecule has 0 radical (unpaired) electrons. The summed E-state index contributed by atoms with van der Waals surface area (Å²) in [5, 5.41) is 19.1. The van der Waals surface area contributed by atoms with Crippen molar-refractivity contribution in [3.05, 3.63) is 30.0 Å². The summed E-state index contributed by atoms with van der Waals surface area (Å²) in [5.41, 5.74) is 0.608. The molecule has 2 atom stereocenters. The largest absolute Gasteiger partial charge is 0.483 e. The monoisotopic (exact) mass is 231 g/mol. The maximum absolute atomic E-state index is 9.42. The van der Waals surface area contributed by atoms with Gasteiger partial charge in [-0.15, -0.1) is 0 Å². The first-order chi connectivity index (χ1) is 8.13. The van der Waals surface area contributed by atoms with Gasteiger partial charge in [0.05, 0.1) is 11.5 Å². The molecule has 2 unspecified atom stereocenters. The molecule has 2 aromatic rings. The Morgan fingerprint density at radius 1 is 1.35 bits per heavy atom. The van der Waals surface area contributed by atoms with E-state index in [1.807, 2.05) is 24.3 Å². The number of hydrogen-bond donors (Lipinski definition) is 1. The first-order valence-electron chi connectivity index (χ1n) is 5.40. The fourth-order valence-corrected chi connectivity index (χ4v) is 1.50. The molecule has 88 valence electrons. The Hall–Kier alpha value is -1.99. The summed E-state index contributed by atoms with van der Waals surface area (Å²) in [7, 11) is 0. The SMILES string of the molecule is CC(O)C(C)Oc1c(C#N)oc2ccccc12. The van der Waals surface area contributed by atoms with Crippen LogP contribution in [0, 0.1) is 11.3 Å². The van der Waals surface area contributed by atoms with Gasteiger partial charge in [0.25, 0.3) is 0 Å². The molecule has 1 aromatic carbocycles. The molecule has 2 rings (SSSR count). The predicted molar refractivity (Wildman–Crippen MR) is 62.7 cm³/mol. The number of nitriles is 1. The molecule has 0 amide bonds. The van der Waals surface area contributed by atoms with E-state index in [0.29, 0.717) is 11.3 Å². The maximum Gasteiger partial charge on any atom is 0.246 e. The van der Waals surface area contributed by atoms with Crippen molar-refractivity contribution in [3.63, 3.8) is 0 Å². The van der Waals surface area contributed by atoms with Crippen LogP contribution in [0.1, 0.15) is 19.6 Å². The van der Waals surface area contributed by atoms with Gasteiger partial charge in [0.2, 0.25) is 5.76 Å². The zero-order valence-corrected chi connectivity index (χ0v) is 9.68. The lowest BCUT2D eigenvalue weighted by atomic mass is 10.2. The molecule has 0 saturated carbocycles. The highest BCUT2D eigenvalue weighted by Crippen LogP contribution is 2.33. The second-order valence-electron chi connectivity index (χ2n) is 3.93. The number of fused-ring (bicyclic) bond motifs is 1. The fourth-order valence-electron chi connectivity index (χ4n) is 1.50. The van der Waals surface area contributed by atoms with E-state index < -0.39 is 12.2 Å². The number of furan rings is 1. The lowest BCUT2D eigenvalue weighted by molar-refractivity contribution is 0.0606. The van der Waals surface area contributed by atoms with Crippen molar-refractivity contribution in [2.75, 3.05) is 0 Å². The van der Waals surface area contributed by atoms with Gasteiger partial charge in [0.1, 0.15) is 17.8 Å². The fraction of sp³-hybridized carbons (Fsp3) is 0.308. The lowest BCUT2D eigenvalue weighted by Gasteiger charge is -2.16. The molecule has 0 saturated heterocycles. The summed E-state index contributed by atoms with van der Waals surface area (Å²) < 4.78 is 10.9. The molecule has 1 aromatic heterocycles. The van der Waals surface area contributed by atoms with Crippen LogP contribution in [0.25, 0.3) is 11.0 Å². The van der Waals surface area contributed by atoms with Crippen LogP contribution in [0.5, 0.6) is 5.75 Å². The number of aliphatic hydroxyl groups is 1. The molecule has 17 heavy (non-hydrogen) atoms. The number of aliphatic hydroxyl groups excluding tert-OH is 1. The van der Waals surface area contributed by atoms with Gasteiger partial charge in [0, 0.05) is 0 Å². The Labute approximate surface area is 99.0 Å². The van der Waals surface area contributed by atoms with Crippen LogP contribution in [0.4, 0.5) is 0 Å². The third-order valence-electron chi connectivity index (χ3n) is 2.63. The molecule has 4 nitrogen and oxygen atoms in total. The quantitative estimate of drug-likeness (QED) is 0.881. The van der Waals surface area contributed by atoms with E-state index in [0.717, 1.165) is 5.39 Å². The topological polar surface area (TPSA) is 66.4 Å². The molecular formula is C13H13NO3. The van der Waals surface area contributed by atoms with Crippen LogP contribution in [-0.2, 0) is 0 Å². The van der Waals surface area contributed by atoms with E-state index in [4.69, 9.17) is 14.4 Å².